The summed E-state index contributed by atoms with van der Waals surface area (Å²) in [6.07, 6.45) is 1.88. The number of halogens is 1. The number of quaternary nitrogens is 1. The van der Waals surface area contributed by atoms with Crippen LogP contribution in [-0.4, -0.2) is 35.4 Å². The fourth-order valence-electron chi connectivity index (χ4n) is 2.53. The molecule has 1 fully saturated rings. The molecule has 0 aromatic rings. The molecule has 1 rings (SSSR count). The second-order valence-electron chi connectivity index (χ2n) is 4.81. The number of carbonyl (C=O) groups excluding carboxylic acids is 1. The molecule has 14 heavy (non-hydrogen) atoms. The SMILES string of the molecule is CC(C)[N+]1(C(C)C)CCCC(=O)C1.[Br-]. The van der Waals surface area contributed by atoms with E-state index in [0.29, 0.717) is 17.9 Å². The Kier molecular flexibility index (Phi) is 5.31. The van der Waals surface area contributed by atoms with Gasteiger partial charge in [0.1, 0.15) is 6.54 Å². The zero-order chi connectivity index (χ0) is 10.1. The molecule has 84 valence electrons. The quantitative estimate of drug-likeness (QED) is 0.584. The van der Waals surface area contributed by atoms with Crippen LogP contribution in [0.5, 0.6) is 0 Å². The second-order valence-corrected chi connectivity index (χ2v) is 4.81. The monoisotopic (exact) mass is 263 g/mol. The van der Waals surface area contributed by atoms with Crippen molar-refractivity contribution in [3.63, 3.8) is 0 Å². The maximum absolute atomic E-state index is 11.5. The molecule has 0 saturated carbocycles. The van der Waals surface area contributed by atoms with Crippen LogP contribution in [0.2, 0.25) is 0 Å². The van der Waals surface area contributed by atoms with E-state index in [2.05, 4.69) is 27.7 Å². The Hall–Kier alpha value is 0.110. The molecule has 0 spiro atoms. The molecule has 1 saturated heterocycles. The summed E-state index contributed by atoms with van der Waals surface area (Å²) in [5.74, 6) is 0.452. The van der Waals surface area contributed by atoms with Crippen molar-refractivity contribution < 1.29 is 26.3 Å². The lowest BCUT2D eigenvalue weighted by Crippen LogP contribution is -3.00. The summed E-state index contributed by atoms with van der Waals surface area (Å²) in [4.78, 5) is 11.5. The largest absolute Gasteiger partial charge is 1.00 e. The van der Waals surface area contributed by atoms with Crippen molar-refractivity contribution in [3.8, 4) is 0 Å². The van der Waals surface area contributed by atoms with Gasteiger partial charge in [-0.1, -0.05) is 0 Å². The third-order valence-electron chi connectivity index (χ3n) is 3.56. The minimum atomic E-state index is 0. The molecule has 1 aliphatic rings. The number of likely N-dealkylation sites (tertiary alicyclic amines) is 1. The van der Waals surface area contributed by atoms with E-state index in [0.717, 1.165) is 23.9 Å². The molecule has 0 bridgehead atoms. The highest BCUT2D eigenvalue weighted by atomic mass is 79.9. The Bertz CT molecular complexity index is 193. The first-order valence-electron chi connectivity index (χ1n) is 5.37. The van der Waals surface area contributed by atoms with Crippen LogP contribution in [0, 0.1) is 0 Å². The van der Waals surface area contributed by atoms with E-state index in [-0.39, 0.29) is 17.0 Å². The predicted molar refractivity (Wildman–Crippen MR) is 54.5 cm³/mol. The van der Waals surface area contributed by atoms with Crippen LogP contribution in [0.3, 0.4) is 0 Å². The molecule has 0 amide bonds. The first-order chi connectivity index (χ1) is 5.99. The van der Waals surface area contributed by atoms with Gasteiger partial charge in [-0.3, -0.25) is 4.79 Å². The third kappa shape index (κ3) is 2.57. The summed E-state index contributed by atoms with van der Waals surface area (Å²) in [5, 5.41) is 0. The van der Waals surface area contributed by atoms with Gasteiger partial charge in [-0.25, -0.2) is 0 Å². The van der Waals surface area contributed by atoms with E-state index < -0.39 is 0 Å². The fraction of sp³-hybridized carbons (Fsp3) is 0.909. The molecule has 0 unspecified atom stereocenters. The number of ketones is 1. The molecule has 0 aromatic heterocycles. The van der Waals surface area contributed by atoms with Crippen LogP contribution >= 0.6 is 0 Å². The molecule has 1 aliphatic heterocycles. The van der Waals surface area contributed by atoms with Gasteiger partial charge in [0.15, 0.2) is 5.78 Å². The first kappa shape index (κ1) is 14.1. The highest BCUT2D eigenvalue weighted by Crippen LogP contribution is 2.24. The molecular weight excluding hydrogens is 242 g/mol. The van der Waals surface area contributed by atoms with Crippen LogP contribution in [0.4, 0.5) is 0 Å². The van der Waals surface area contributed by atoms with Crippen LogP contribution in [0.1, 0.15) is 40.5 Å². The maximum Gasteiger partial charge on any atom is 0.187 e. The summed E-state index contributed by atoms with van der Waals surface area (Å²) in [5.41, 5.74) is 0. The Balaban J connectivity index is 0.00000169. The number of nitrogens with zero attached hydrogens (tertiary/aromatic N) is 1. The van der Waals surface area contributed by atoms with E-state index in [4.69, 9.17) is 0 Å². The number of rotatable bonds is 2. The smallest absolute Gasteiger partial charge is 0.187 e. The minimum Gasteiger partial charge on any atom is -1.00 e. The van der Waals surface area contributed by atoms with E-state index in [1.165, 1.54) is 6.54 Å². The highest BCUT2D eigenvalue weighted by molar-refractivity contribution is 5.80. The third-order valence-corrected chi connectivity index (χ3v) is 3.56. The Morgan fingerprint density at radius 3 is 1.93 bits per heavy atom. The summed E-state index contributed by atoms with van der Waals surface area (Å²) < 4.78 is 0.999. The van der Waals surface area contributed by atoms with E-state index >= 15 is 0 Å². The van der Waals surface area contributed by atoms with Gasteiger partial charge in [0.2, 0.25) is 0 Å². The summed E-state index contributed by atoms with van der Waals surface area (Å²) >= 11 is 0. The lowest BCUT2D eigenvalue weighted by Gasteiger charge is -2.47. The number of hydrogen-bond donors (Lipinski definition) is 0. The number of hydrogen-bond acceptors (Lipinski definition) is 1. The number of Topliss-reactive ketones (excluding diaryl/α,β-unsaturated/α-hetero) is 1. The molecule has 0 aliphatic carbocycles. The normalized spacial score (nSPS) is 21.1. The standard InChI is InChI=1S/C11H22NO.BrH/c1-9(2)12(10(3)4)7-5-6-11(13)8-12;/h9-10H,5-8H2,1-4H3;1H/q+1;/p-1. The molecule has 1 heterocycles. The zero-order valence-corrected chi connectivity index (χ0v) is 11.3. The van der Waals surface area contributed by atoms with Crippen LogP contribution in [0.25, 0.3) is 0 Å². The van der Waals surface area contributed by atoms with Crippen LogP contribution < -0.4 is 17.0 Å². The summed E-state index contributed by atoms with van der Waals surface area (Å²) in [6, 6.07) is 1.15. The lowest BCUT2D eigenvalue weighted by molar-refractivity contribution is -0.962. The van der Waals surface area contributed by atoms with Crippen molar-refractivity contribution in [2.45, 2.75) is 52.6 Å². The van der Waals surface area contributed by atoms with E-state index in [1.807, 2.05) is 0 Å². The van der Waals surface area contributed by atoms with Gasteiger partial charge >= 0.3 is 0 Å². The van der Waals surface area contributed by atoms with Gasteiger partial charge in [-0.15, -0.1) is 0 Å². The van der Waals surface area contributed by atoms with Crippen molar-refractivity contribution in [2.24, 2.45) is 0 Å². The second kappa shape index (κ2) is 5.26. The fourth-order valence-corrected chi connectivity index (χ4v) is 2.53. The number of carbonyl (C=O) groups is 1. The van der Waals surface area contributed by atoms with Crippen molar-refractivity contribution in [1.29, 1.82) is 0 Å². The molecule has 2 nitrogen and oxygen atoms in total. The van der Waals surface area contributed by atoms with Gasteiger partial charge in [0.05, 0.1) is 18.6 Å². The average Bonchev–Trinajstić information content (AvgIpc) is 2.03. The average molecular weight is 264 g/mol. The van der Waals surface area contributed by atoms with Crippen molar-refractivity contribution in [3.05, 3.63) is 0 Å². The lowest BCUT2D eigenvalue weighted by atomic mass is 10.0. The Morgan fingerprint density at radius 2 is 1.64 bits per heavy atom. The molecule has 0 N–H and O–H groups in total. The van der Waals surface area contributed by atoms with Crippen molar-refractivity contribution in [2.75, 3.05) is 13.1 Å². The minimum absolute atomic E-state index is 0. The van der Waals surface area contributed by atoms with Crippen molar-refractivity contribution >= 4 is 5.78 Å². The summed E-state index contributed by atoms with van der Waals surface area (Å²) in [6.45, 7) is 10.9. The van der Waals surface area contributed by atoms with Gasteiger partial charge in [0, 0.05) is 12.8 Å². The van der Waals surface area contributed by atoms with Gasteiger partial charge in [-0.05, 0) is 27.7 Å². The van der Waals surface area contributed by atoms with E-state index in [9.17, 15) is 4.79 Å². The maximum atomic E-state index is 11.5. The van der Waals surface area contributed by atoms with Crippen LogP contribution in [-0.2, 0) is 4.79 Å². The van der Waals surface area contributed by atoms with Gasteiger partial charge < -0.3 is 21.5 Å². The van der Waals surface area contributed by atoms with Crippen molar-refractivity contribution in [1.82, 2.24) is 0 Å². The Morgan fingerprint density at radius 1 is 1.14 bits per heavy atom. The predicted octanol–water partition coefficient (Wildman–Crippen LogP) is -1.01. The molecular formula is C11H22BrNO. The first-order valence-corrected chi connectivity index (χ1v) is 5.37. The summed E-state index contributed by atoms with van der Waals surface area (Å²) in [7, 11) is 0. The van der Waals surface area contributed by atoms with Gasteiger partial charge in [-0.2, -0.15) is 0 Å². The molecule has 0 aromatic carbocycles. The number of piperidine rings is 1. The van der Waals surface area contributed by atoms with E-state index in [1.54, 1.807) is 0 Å². The zero-order valence-electron chi connectivity index (χ0n) is 9.72. The topological polar surface area (TPSA) is 17.1 Å². The molecule has 3 heteroatoms. The highest BCUT2D eigenvalue weighted by Gasteiger charge is 2.39. The molecule has 0 radical (unpaired) electrons. The van der Waals surface area contributed by atoms with Gasteiger partial charge in [0.25, 0.3) is 0 Å². The Labute approximate surface area is 98.0 Å². The van der Waals surface area contributed by atoms with Crippen LogP contribution in [0.15, 0.2) is 0 Å². The molecule has 0 atom stereocenters.